The van der Waals surface area contributed by atoms with Crippen molar-refractivity contribution >= 4 is 11.8 Å². The third-order valence-electron chi connectivity index (χ3n) is 1.96. The molecule has 0 saturated heterocycles. The Morgan fingerprint density at radius 2 is 1.64 bits per heavy atom. The fourth-order valence-corrected chi connectivity index (χ4v) is 0.742. The van der Waals surface area contributed by atoms with Crippen molar-refractivity contribution in [3.05, 3.63) is 0 Å². The summed E-state index contributed by atoms with van der Waals surface area (Å²) in [6, 6.07) is 0. The Labute approximate surface area is 66.7 Å². The van der Waals surface area contributed by atoms with Gasteiger partial charge in [0.05, 0.1) is 13.0 Å². The molecule has 3 heteroatoms. The second kappa shape index (κ2) is 4.11. The summed E-state index contributed by atoms with van der Waals surface area (Å²) in [6.07, 6.45) is 0. The quantitative estimate of drug-likeness (QED) is 0.576. The first-order valence-corrected chi connectivity index (χ1v) is 3.59. The van der Waals surface area contributed by atoms with E-state index < -0.39 is 0 Å². The number of rotatable bonds is 3. The van der Waals surface area contributed by atoms with Gasteiger partial charge in [-0.05, 0) is 6.92 Å². The van der Waals surface area contributed by atoms with Gasteiger partial charge in [0, 0.05) is 5.92 Å². The first-order valence-electron chi connectivity index (χ1n) is 3.59. The summed E-state index contributed by atoms with van der Waals surface area (Å²) in [5.74, 6) is -0.893. The minimum absolute atomic E-state index is 0.0166. The SMILES string of the molecule is COC(=O)[C@@H](C)[C@H](C)C(C)=O. The van der Waals surface area contributed by atoms with Crippen LogP contribution in [0.4, 0.5) is 0 Å². The zero-order valence-corrected chi connectivity index (χ0v) is 7.38. The Kier molecular flexibility index (Phi) is 3.79. The maximum Gasteiger partial charge on any atom is 0.309 e. The van der Waals surface area contributed by atoms with Crippen LogP contribution < -0.4 is 0 Å². The molecule has 0 aromatic rings. The molecule has 3 nitrogen and oxygen atoms in total. The fraction of sp³-hybridized carbons (Fsp3) is 0.750. The van der Waals surface area contributed by atoms with E-state index in [0.29, 0.717) is 0 Å². The lowest BCUT2D eigenvalue weighted by atomic mass is 9.93. The summed E-state index contributed by atoms with van der Waals surface area (Å²) in [7, 11) is 1.33. The molecule has 2 atom stereocenters. The molecular formula is C8H14O3. The van der Waals surface area contributed by atoms with Gasteiger partial charge in [0.25, 0.3) is 0 Å². The lowest BCUT2D eigenvalue weighted by Crippen LogP contribution is -2.24. The van der Waals surface area contributed by atoms with E-state index in [1.54, 1.807) is 13.8 Å². The molecule has 0 aliphatic rings. The van der Waals surface area contributed by atoms with E-state index in [0.717, 1.165) is 0 Å². The normalized spacial score (nSPS) is 15.3. The van der Waals surface area contributed by atoms with Crippen LogP contribution in [0.15, 0.2) is 0 Å². The molecule has 0 rings (SSSR count). The summed E-state index contributed by atoms with van der Waals surface area (Å²) in [4.78, 5) is 21.7. The van der Waals surface area contributed by atoms with Gasteiger partial charge in [-0.15, -0.1) is 0 Å². The van der Waals surface area contributed by atoms with Crippen LogP contribution in [0.1, 0.15) is 20.8 Å². The number of esters is 1. The van der Waals surface area contributed by atoms with E-state index in [2.05, 4.69) is 4.74 Å². The maximum atomic E-state index is 10.9. The van der Waals surface area contributed by atoms with Crippen LogP contribution in [0.5, 0.6) is 0 Å². The van der Waals surface area contributed by atoms with Crippen molar-refractivity contribution in [2.75, 3.05) is 7.11 Å². The molecule has 0 amide bonds. The number of methoxy groups -OCH3 is 1. The average molecular weight is 158 g/mol. The molecule has 0 aliphatic carbocycles. The Balaban J connectivity index is 4.12. The third-order valence-corrected chi connectivity index (χ3v) is 1.96. The Bertz CT molecular complexity index is 163. The van der Waals surface area contributed by atoms with Crippen LogP contribution in [-0.4, -0.2) is 18.9 Å². The molecule has 0 fully saturated rings. The molecule has 0 bridgehead atoms. The highest BCUT2D eigenvalue weighted by Crippen LogP contribution is 2.12. The van der Waals surface area contributed by atoms with Crippen molar-refractivity contribution in [2.24, 2.45) is 11.8 Å². The van der Waals surface area contributed by atoms with Crippen molar-refractivity contribution in [3.63, 3.8) is 0 Å². The summed E-state index contributed by atoms with van der Waals surface area (Å²) in [5.41, 5.74) is 0. The molecule has 0 saturated carbocycles. The molecule has 0 unspecified atom stereocenters. The Morgan fingerprint density at radius 1 is 1.18 bits per heavy atom. The summed E-state index contributed by atoms with van der Waals surface area (Å²) >= 11 is 0. The third kappa shape index (κ3) is 2.70. The van der Waals surface area contributed by atoms with Crippen molar-refractivity contribution in [1.29, 1.82) is 0 Å². The van der Waals surface area contributed by atoms with Crippen molar-refractivity contribution in [2.45, 2.75) is 20.8 Å². The number of ketones is 1. The zero-order valence-electron chi connectivity index (χ0n) is 7.38. The predicted octanol–water partition coefficient (Wildman–Crippen LogP) is 1.02. The minimum Gasteiger partial charge on any atom is -0.469 e. The van der Waals surface area contributed by atoms with E-state index in [9.17, 15) is 9.59 Å². The summed E-state index contributed by atoms with van der Waals surface area (Å²) < 4.78 is 4.49. The topological polar surface area (TPSA) is 43.4 Å². The molecule has 0 aliphatic heterocycles. The van der Waals surface area contributed by atoms with Gasteiger partial charge in [0.2, 0.25) is 0 Å². The molecule has 0 N–H and O–H groups in total. The number of ether oxygens (including phenoxy) is 1. The molecule has 0 aromatic heterocycles. The minimum atomic E-state index is -0.336. The standard InChI is InChI=1S/C8H14O3/c1-5(7(3)9)6(2)8(10)11-4/h5-6H,1-4H3/t5-,6-/m0/s1. The lowest BCUT2D eigenvalue weighted by Gasteiger charge is -2.13. The predicted molar refractivity (Wildman–Crippen MR) is 41.0 cm³/mol. The molecule has 0 radical (unpaired) electrons. The van der Waals surface area contributed by atoms with Gasteiger partial charge in [-0.2, -0.15) is 0 Å². The highest BCUT2D eigenvalue weighted by Gasteiger charge is 2.23. The van der Waals surface area contributed by atoms with E-state index >= 15 is 0 Å². The number of hydrogen-bond donors (Lipinski definition) is 0. The van der Waals surface area contributed by atoms with Crippen LogP contribution in [-0.2, 0) is 14.3 Å². The highest BCUT2D eigenvalue weighted by molar-refractivity contribution is 5.84. The smallest absolute Gasteiger partial charge is 0.309 e. The number of hydrogen-bond acceptors (Lipinski definition) is 3. The zero-order chi connectivity index (χ0) is 9.02. The fourth-order valence-electron chi connectivity index (χ4n) is 0.742. The molecule has 11 heavy (non-hydrogen) atoms. The second-order valence-corrected chi connectivity index (χ2v) is 2.71. The van der Waals surface area contributed by atoms with Crippen LogP contribution in [0, 0.1) is 11.8 Å². The van der Waals surface area contributed by atoms with Crippen molar-refractivity contribution < 1.29 is 14.3 Å². The second-order valence-electron chi connectivity index (χ2n) is 2.71. The van der Waals surface area contributed by atoms with Gasteiger partial charge >= 0.3 is 5.97 Å². The first-order chi connectivity index (χ1) is 5.00. The molecule has 0 aromatic carbocycles. The number of carbonyl (C=O) groups excluding carboxylic acids is 2. The summed E-state index contributed by atoms with van der Waals surface area (Å²) in [6.45, 7) is 4.89. The van der Waals surface area contributed by atoms with Crippen molar-refractivity contribution in [1.82, 2.24) is 0 Å². The van der Waals surface area contributed by atoms with Crippen LogP contribution >= 0.6 is 0 Å². The molecule has 64 valence electrons. The van der Waals surface area contributed by atoms with Gasteiger partial charge in [-0.1, -0.05) is 13.8 Å². The lowest BCUT2D eigenvalue weighted by molar-refractivity contribution is -0.148. The van der Waals surface area contributed by atoms with E-state index in [-0.39, 0.29) is 23.6 Å². The van der Waals surface area contributed by atoms with E-state index in [1.807, 2.05) is 0 Å². The highest BCUT2D eigenvalue weighted by atomic mass is 16.5. The van der Waals surface area contributed by atoms with Crippen LogP contribution in [0.2, 0.25) is 0 Å². The van der Waals surface area contributed by atoms with Gasteiger partial charge in [-0.3, -0.25) is 9.59 Å². The van der Waals surface area contributed by atoms with Gasteiger partial charge in [0.1, 0.15) is 5.78 Å². The monoisotopic (exact) mass is 158 g/mol. The Morgan fingerprint density at radius 3 is 1.91 bits per heavy atom. The molecule has 0 heterocycles. The van der Waals surface area contributed by atoms with Crippen molar-refractivity contribution in [3.8, 4) is 0 Å². The molecular weight excluding hydrogens is 144 g/mol. The number of Topliss-reactive ketones (excluding diaryl/α,β-unsaturated/α-hetero) is 1. The van der Waals surface area contributed by atoms with E-state index in [1.165, 1.54) is 14.0 Å². The maximum absolute atomic E-state index is 10.9. The van der Waals surface area contributed by atoms with Gasteiger partial charge in [0.15, 0.2) is 0 Å². The van der Waals surface area contributed by atoms with Gasteiger partial charge in [-0.25, -0.2) is 0 Å². The largest absolute Gasteiger partial charge is 0.469 e. The number of carbonyl (C=O) groups is 2. The molecule has 0 spiro atoms. The summed E-state index contributed by atoms with van der Waals surface area (Å²) in [5, 5.41) is 0. The first kappa shape index (κ1) is 10.1. The van der Waals surface area contributed by atoms with Crippen LogP contribution in [0.3, 0.4) is 0 Å². The average Bonchev–Trinajstić information content (AvgIpc) is 2.00. The Hall–Kier alpha value is -0.860. The van der Waals surface area contributed by atoms with Gasteiger partial charge < -0.3 is 4.74 Å². The van der Waals surface area contributed by atoms with E-state index in [4.69, 9.17) is 0 Å². The van der Waals surface area contributed by atoms with Crippen LogP contribution in [0.25, 0.3) is 0 Å².